The summed E-state index contributed by atoms with van der Waals surface area (Å²) in [7, 11) is 4.52. The Morgan fingerprint density at radius 1 is 1.00 bits per heavy atom. The Bertz CT molecular complexity index is 441. The van der Waals surface area contributed by atoms with Crippen LogP contribution in [-0.4, -0.2) is 36.5 Å². The van der Waals surface area contributed by atoms with E-state index in [9.17, 15) is 0 Å². The number of likely N-dealkylation sites (N-methyl/N-ethyl adjacent to an activating group) is 2. The lowest BCUT2D eigenvalue weighted by atomic mass is 9.81. The summed E-state index contributed by atoms with van der Waals surface area (Å²) in [5.74, 6) is 0. The Hall–Kier alpha value is -0.860. The molecule has 3 rings (SSSR count). The van der Waals surface area contributed by atoms with Crippen LogP contribution < -0.4 is 0 Å². The first-order chi connectivity index (χ1) is 10.1. The van der Waals surface area contributed by atoms with Crippen LogP contribution in [0.4, 0.5) is 0 Å². The minimum atomic E-state index is 0.558. The molecule has 2 aliphatic rings. The van der Waals surface area contributed by atoms with Crippen molar-refractivity contribution in [3.8, 4) is 0 Å². The minimum Gasteiger partial charge on any atom is -0.298 e. The number of benzene rings is 1. The molecule has 1 aromatic rings. The molecule has 1 aromatic carbocycles. The van der Waals surface area contributed by atoms with E-state index < -0.39 is 0 Å². The van der Waals surface area contributed by atoms with Gasteiger partial charge in [0, 0.05) is 24.7 Å². The molecule has 2 nitrogen and oxygen atoms in total. The quantitative estimate of drug-likeness (QED) is 0.685. The van der Waals surface area contributed by atoms with Crippen LogP contribution in [0.1, 0.15) is 70.3 Å². The summed E-state index contributed by atoms with van der Waals surface area (Å²) in [5.41, 5.74) is 4.75. The van der Waals surface area contributed by atoms with Crippen LogP contribution in [-0.2, 0) is 6.42 Å². The highest BCUT2D eigenvalue weighted by molar-refractivity contribution is 5.43. The molecule has 3 atom stereocenters. The van der Waals surface area contributed by atoms with Crippen molar-refractivity contribution in [1.29, 1.82) is 0 Å². The molecule has 2 heteroatoms. The molecular weight excluding hydrogens is 256 g/mol. The number of nitrogens with zero attached hydrogens (tertiary/aromatic N) is 2. The summed E-state index contributed by atoms with van der Waals surface area (Å²) in [5, 5.41) is 0. The third kappa shape index (κ3) is 3.32. The normalized spacial score (nSPS) is 27.7. The lowest BCUT2D eigenvalue weighted by Gasteiger charge is -2.47. The van der Waals surface area contributed by atoms with Gasteiger partial charge in [-0.2, -0.15) is 0 Å². The van der Waals surface area contributed by atoms with Gasteiger partial charge < -0.3 is 0 Å². The first kappa shape index (κ1) is 18.2. The zero-order valence-corrected chi connectivity index (χ0v) is 15.3. The monoisotopic (exact) mass is 290 g/mol. The van der Waals surface area contributed by atoms with Crippen molar-refractivity contribution in [2.45, 2.75) is 66.1 Å². The van der Waals surface area contributed by atoms with Crippen LogP contribution in [0.2, 0.25) is 0 Å². The van der Waals surface area contributed by atoms with E-state index in [1.54, 1.807) is 16.7 Å². The maximum atomic E-state index is 2.55. The van der Waals surface area contributed by atoms with E-state index in [1.165, 1.54) is 6.42 Å². The second-order valence-electron chi connectivity index (χ2n) is 5.77. The largest absolute Gasteiger partial charge is 0.298 e. The van der Waals surface area contributed by atoms with E-state index in [-0.39, 0.29) is 0 Å². The van der Waals surface area contributed by atoms with Gasteiger partial charge in [-0.05, 0) is 51.1 Å². The Morgan fingerprint density at radius 2 is 1.62 bits per heavy atom. The van der Waals surface area contributed by atoms with E-state index in [0.717, 1.165) is 6.54 Å². The fraction of sp³-hybridized carbons (Fsp3) is 0.684. The molecular formula is C19H34N2. The standard InChI is InChI=1S/C15H22N2.2C2H6/c1-10-8-12-6-5-7-13-11(2)16(3)9-14(15(12)13)17(10)4;2*1-2/h5-7,10-11,14H,8-9H2,1-4H3;2*1-2H3. The van der Waals surface area contributed by atoms with Crippen molar-refractivity contribution >= 4 is 0 Å². The molecule has 0 radical (unpaired) electrons. The molecule has 0 saturated carbocycles. The van der Waals surface area contributed by atoms with Crippen LogP contribution in [0.5, 0.6) is 0 Å². The van der Waals surface area contributed by atoms with Gasteiger partial charge in [0.15, 0.2) is 0 Å². The van der Waals surface area contributed by atoms with Gasteiger partial charge in [0.25, 0.3) is 0 Å². The molecule has 0 saturated heterocycles. The van der Waals surface area contributed by atoms with E-state index in [4.69, 9.17) is 0 Å². The van der Waals surface area contributed by atoms with Gasteiger partial charge in [-0.3, -0.25) is 9.80 Å². The van der Waals surface area contributed by atoms with Gasteiger partial charge in [0.1, 0.15) is 0 Å². The Balaban J connectivity index is 0.000000510. The van der Waals surface area contributed by atoms with E-state index in [0.29, 0.717) is 18.1 Å². The van der Waals surface area contributed by atoms with Crippen molar-refractivity contribution in [1.82, 2.24) is 9.80 Å². The molecule has 0 aromatic heterocycles. The highest BCUT2D eigenvalue weighted by Crippen LogP contribution is 2.42. The van der Waals surface area contributed by atoms with Crippen LogP contribution in [0.15, 0.2) is 18.2 Å². The lowest BCUT2D eigenvalue weighted by Crippen LogP contribution is -2.47. The summed E-state index contributed by atoms with van der Waals surface area (Å²) >= 11 is 0. The summed E-state index contributed by atoms with van der Waals surface area (Å²) in [6, 6.07) is 8.68. The summed E-state index contributed by atoms with van der Waals surface area (Å²) in [6.45, 7) is 13.8. The molecule has 3 unspecified atom stereocenters. The van der Waals surface area contributed by atoms with Gasteiger partial charge in [-0.15, -0.1) is 0 Å². The molecule has 2 heterocycles. The Kier molecular flexibility index (Phi) is 6.89. The fourth-order valence-corrected chi connectivity index (χ4v) is 3.44. The molecule has 21 heavy (non-hydrogen) atoms. The molecule has 0 bridgehead atoms. The second-order valence-corrected chi connectivity index (χ2v) is 5.77. The van der Waals surface area contributed by atoms with E-state index >= 15 is 0 Å². The molecule has 120 valence electrons. The highest BCUT2D eigenvalue weighted by atomic mass is 15.2. The smallest absolute Gasteiger partial charge is 0.0481 e. The number of hydrogen-bond acceptors (Lipinski definition) is 2. The zero-order valence-electron chi connectivity index (χ0n) is 15.3. The molecule has 0 spiro atoms. The molecule has 0 fully saturated rings. The van der Waals surface area contributed by atoms with Crippen molar-refractivity contribution in [2.75, 3.05) is 20.6 Å². The third-order valence-electron chi connectivity index (χ3n) is 4.84. The summed E-state index contributed by atoms with van der Waals surface area (Å²) in [4.78, 5) is 5.03. The predicted molar refractivity (Wildman–Crippen MR) is 93.9 cm³/mol. The van der Waals surface area contributed by atoms with Gasteiger partial charge in [0.2, 0.25) is 0 Å². The first-order valence-electron chi connectivity index (χ1n) is 8.63. The van der Waals surface area contributed by atoms with Crippen LogP contribution >= 0.6 is 0 Å². The molecule has 0 amide bonds. The van der Waals surface area contributed by atoms with Crippen LogP contribution in [0, 0.1) is 0 Å². The topological polar surface area (TPSA) is 6.48 Å². The number of rotatable bonds is 0. The van der Waals surface area contributed by atoms with Crippen molar-refractivity contribution in [3.05, 3.63) is 34.9 Å². The average molecular weight is 290 g/mol. The van der Waals surface area contributed by atoms with Gasteiger partial charge in [-0.1, -0.05) is 45.9 Å². The molecule has 2 aliphatic heterocycles. The van der Waals surface area contributed by atoms with Crippen LogP contribution in [0.3, 0.4) is 0 Å². The zero-order chi connectivity index (χ0) is 16.2. The van der Waals surface area contributed by atoms with Crippen molar-refractivity contribution in [3.63, 3.8) is 0 Å². The van der Waals surface area contributed by atoms with Crippen LogP contribution in [0.25, 0.3) is 0 Å². The van der Waals surface area contributed by atoms with Crippen molar-refractivity contribution in [2.24, 2.45) is 0 Å². The second kappa shape index (κ2) is 7.95. The van der Waals surface area contributed by atoms with Gasteiger partial charge in [0.05, 0.1) is 0 Å². The lowest BCUT2D eigenvalue weighted by molar-refractivity contribution is 0.0954. The number of hydrogen-bond donors (Lipinski definition) is 0. The average Bonchev–Trinajstić information content (AvgIpc) is 2.53. The summed E-state index contributed by atoms with van der Waals surface area (Å²) < 4.78 is 0. The Labute approximate surface area is 132 Å². The fourth-order valence-electron chi connectivity index (χ4n) is 3.44. The van der Waals surface area contributed by atoms with E-state index in [1.807, 2.05) is 27.7 Å². The molecule has 0 aliphatic carbocycles. The maximum absolute atomic E-state index is 2.55. The minimum absolute atomic E-state index is 0.558. The van der Waals surface area contributed by atoms with Gasteiger partial charge in [-0.25, -0.2) is 0 Å². The first-order valence-corrected chi connectivity index (χ1v) is 8.63. The molecule has 0 N–H and O–H groups in total. The predicted octanol–water partition coefficient (Wildman–Crippen LogP) is 4.66. The SMILES string of the molecule is CC.CC.CC1c2cccc3c2C(CN1C)N(C)C(C)C3. The summed E-state index contributed by atoms with van der Waals surface area (Å²) in [6.07, 6.45) is 1.20. The highest BCUT2D eigenvalue weighted by Gasteiger charge is 2.37. The van der Waals surface area contributed by atoms with Crippen molar-refractivity contribution < 1.29 is 0 Å². The Morgan fingerprint density at radius 3 is 2.24 bits per heavy atom. The third-order valence-corrected chi connectivity index (χ3v) is 4.84. The van der Waals surface area contributed by atoms with Gasteiger partial charge >= 0.3 is 0 Å². The van der Waals surface area contributed by atoms with E-state index in [2.05, 4.69) is 55.9 Å². The maximum Gasteiger partial charge on any atom is 0.0481 e.